The van der Waals surface area contributed by atoms with Crippen molar-refractivity contribution in [1.29, 1.82) is 0 Å². The standard InChI is InChI=1S/C12H17BrClN3O3S/c13-12-10(15)7-9(14)8-11(12)21(18,19)16-1-2-17-3-5-20-6-4-17/h7-8,16H,1-6,15H2. The number of anilines is 1. The van der Waals surface area contributed by atoms with Gasteiger partial charge in [-0.1, -0.05) is 11.6 Å². The van der Waals surface area contributed by atoms with Gasteiger partial charge >= 0.3 is 0 Å². The zero-order valence-corrected chi connectivity index (χ0v) is 14.5. The van der Waals surface area contributed by atoms with E-state index in [0.717, 1.165) is 13.1 Å². The van der Waals surface area contributed by atoms with Gasteiger partial charge in [0, 0.05) is 36.9 Å². The molecule has 2 rings (SSSR count). The molecular formula is C12H17BrClN3O3S. The van der Waals surface area contributed by atoms with E-state index in [0.29, 0.717) is 30.8 Å². The molecule has 9 heteroatoms. The van der Waals surface area contributed by atoms with Crippen LogP contribution in [0.1, 0.15) is 0 Å². The molecule has 6 nitrogen and oxygen atoms in total. The molecule has 1 heterocycles. The van der Waals surface area contributed by atoms with Crippen LogP contribution in [0.25, 0.3) is 0 Å². The highest BCUT2D eigenvalue weighted by atomic mass is 79.9. The minimum Gasteiger partial charge on any atom is -0.398 e. The average molecular weight is 399 g/mol. The Kier molecular flexibility index (Phi) is 5.87. The molecule has 1 aromatic carbocycles. The number of hydrogen-bond acceptors (Lipinski definition) is 5. The van der Waals surface area contributed by atoms with Gasteiger partial charge in [-0.2, -0.15) is 0 Å². The van der Waals surface area contributed by atoms with Gasteiger partial charge in [0.1, 0.15) is 0 Å². The lowest BCUT2D eigenvalue weighted by atomic mass is 10.3. The number of nitrogens with two attached hydrogens (primary N) is 1. The van der Waals surface area contributed by atoms with E-state index < -0.39 is 10.0 Å². The van der Waals surface area contributed by atoms with E-state index in [9.17, 15) is 8.42 Å². The summed E-state index contributed by atoms with van der Waals surface area (Å²) in [6, 6.07) is 2.87. The van der Waals surface area contributed by atoms with Gasteiger partial charge in [-0.3, -0.25) is 4.90 Å². The second-order valence-electron chi connectivity index (χ2n) is 4.66. The topological polar surface area (TPSA) is 84.7 Å². The minimum atomic E-state index is -3.66. The fraction of sp³-hybridized carbons (Fsp3) is 0.500. The number of nitrogens with one attached hydrogen (secondary N) is 1. The minimum absolute atomic E-state index is 0.0504. The van der Waals surface area contributed by atoms with Crippen molar-refractivity contribution in [3.05, 3.63) is 21.6 Å². The van der Waals surface area contributed by atoms with E-state index in [1.807, 2.05) is 0 Å². The molecule has 0 unspecified atom stereocenters. The van der Waals surface area contributed by atoms with Gasteiger partial charge in [0.05, 0.1) is 22.6 Å². The van der Waals surface area contributed by atoms with E-state index in [-0.39, 0.29) is 15.6 Å². The van der Waals surface area contributed by atoms with Gasteiger partial charge in [-0.05, 0) is 28.1 Å². The van der Waals surface area contributed by atoms with Crippen LogP contribution in [-0.4, -0.2) is 52.7 Å². The molecule has 0 spiro atoms. The van der Waals surface area contributed by atoms with Crippen LogP contribution in [0.3, 0.4) is 0 Å². The first-order valence-electron chi connectivity index (χ1n) is 6.44. The van der Waals surface area contributed by atoms with Crippen molar-refractivity contribution < 1.29 is 13.2 Å². The zero-order valence-electron chi connectivity index (χ0n) is 11.3. The molecule has 1 aromatic rings. The van der Waals surface area contributed by atoms with E-state index in [1.54, 1.807) is 0 Å². The molecule has 118 valence electrons. The molecule has 1 saturated heterocycles. The Morgan fingerprint density at radius 1 is 1.38 bits per heavy atom. The second-order valence-corrected chi connectivity index (χ2v) is 7.62. The lowest BCUT2D eigenvalue weighted by Gasteiger charge is -2.26. The highest BCUT2D eigenvalue weighted by Gasteiger charge is 2.20. The van der Waals surface area contributed by atoms with Crippen LogP contribution in [0.4, 0.5) is 5.69 Å². The van der Waals surface area contributed by atoms with Crippen LogP contribution in [0.5, 0.6) is 0 Å². The van der Waals surface area contributed by atoms with Crippen LogP contribution >= 0.6 is 27.5 Å². The Bertz CT molecular complexity index is 606. The summed E-state index contributed by atoms with van der Waals surface area (Å²) in [5.41, 5.74) is 6.01. The number of halogens is 2. The summed E-state index contributed by atoms with van der Waals surface area (Å²) in [5, 5.41) is 0.282. The van der Waals surface area contributed by atoms with Crippen molar-refractivity contribution in [3.63, 3.8) is 0 Å². The van der Waals surface area contributed by atoms with Gasteiger partial charge in [0.2, 0.25) is 10.0 Å². The lowest BCUT2D eigenvalue weighted by Crippen LogP contribution is -2.41. The van der Waals surface area contributed by atoms with Crippen LogP contribution in [0, 0.1) is 0 Å². The molecule has 1 aliphatic rings. The Labute approximate surface area is 137 Å². The summed E-state index contributed by atoms with van der Waals surface area (Å²) in [6.07, 6.45) is 0. The zero-order chi connectivity index (χ0) is 15.5. The largest absolute Gasteiger partial charge is 0.398 e. The Morgan fingerprint density at radius 3 is 2.71 bits per heavy atom. The maximum Gasteiger partial charge on any atom is 0.241 e. The number of rotatable bonds is 5. The monoisotopic (exact) mass is 397 g/mol. The molecule has 1 fully saturated rings. The number of nitrogen functional groups attached to an aromatic ring is 1. The van der Waals surface area contributed by atoms with E-state index in [4.69, 9.17) is 22.1 Å². The van der Waals surface area contributed by atoms with Crippen molar-refractivity contribution >= 4 is 43.2 Å². The van der Waals surface area contributed by atoms with Gasteiger partial charge in [-0.25, -0.2) is 13.1 Å². The normalized spacial score (nSPS) is 17.0. The number of hydrogen-bond donors (Lipinski definition) is 2. The van der Waals surface area contributed by atoms with Crippen LogP contribution < -0.4 is 10.5 Å². The third kappa shape index (κ3) is 4.54. The number of nitrogens with zero attached hydrogens (tertiary/aromatic N) is 1. The van der Waals surface area contributed by atoms with E-state index >= 15 is 0 Å². The maximum atomic E-state index is 12.3. The SMILES string of the molecule is Nc1cc(Cl)cc(S(=O)(=O)NCCN2CCOCC2)c1Br. The maximum absolute atomic E-state index is 12.3. The molecule has 0 amide bonds. The quantitative estimate of drug-likeness (QED) is 0.730. The van der Waals surface area contributed by atoms with Crippen molar-refractivity contribution in [3.8, 4) is 0 Å². The summed E-state index contributed by atoms with van der Waals surface area (Å²) >= 11 is 9.06. The summed E-state index contributed by atoms with van der Waals surface area (Å²) in [6.45, 7) is 3.95. The first kappa shape index (κ1) is 17.0. The molecule has 0 saturated carbocycles. The molecule has 3 N–H and O–H groups in total. The van der Waals surface area contributed by atoms with Gasteiger partial charge < -0.3 is 10.5 Å². The smallest absolute Gasteiger partial charge is 0.241 e. The summed E-state index contributed by atoms with van der Waals surface area (Å²) < 4.78 is 32.7. The van der Waals surface area contributed by atoms with Crippen LogP contribution in [0.15, 0.2) is 21.5 Å². The number of sulfonamides is 1. The highest BCUT2D eigenvalue weighted by molar-refractivity contribution is 9.10. The van der Waals surface area contributed by atoms with E-state index in [1.165, 1.54) is 12.1 Å². The van der Waals surface area contributed by atoms with Crippen molar-refractivity contribution in [1.82, 2.24) is 9.62 Å². The predicted octanol–water partition coefficient (Wildman–Crippen LogP) is 1.30. The van der Waals surface area contributed by atoms with Crippen molar-refractivity contribution in [2.24, 2.45) is 0 Å². The summed E-state index contributed by atoms with van der Waals surface area (Å²) in [4.78, 5) is 2.20. The molecule has 0 radical (unpaired) electrons. The molecule has 0 aromatic heterocycles. The van der Waals surface area contributed by atoms with Gasteiger partial charge in [0.15, 0.2) is 0 Å². The average Bonchev–Trinajstić information content (AvgIpc) is 2.43. The molecule has 0 bridgehead atoms. The highest BCUT2D eigenvalue weighted by Crippen LogP contribution is 2.31. The Morgan fingerprint density at radius 2 is 2.05 bits per heavy atom. The van der Waals surface area contributed by atoms with Crippen LogP contribution in [-0.2, 0) is 14.8 Å². The number of ether oxygens (including phenoxy) is 1. The van der Waals surface area contributed by atoms with E-state index in [2.05, 4.69) is 25.6 Å². The Balaban J connectivity index is 2.01. The Hall–Kier alpha value is -0.380. The molecule has 21 heavy (non-hydrogen) atoms. The third-order valence-electron chi connectivity index (χ3n) is 3.15. The first-order valence-corrected chi connectivity index (χ1v) is 9.10. The second kappa shape index (κ2) is 7.26. The lowest BCUT2D eigenvalue weighted by molar-refractivity contribution is 0.0390. The van der Waals surface area contributed by atoms with Crippen molar-refractivity contribution in [2.45, 2.75) is 4.90 Å². The van der Waals surface area contributed by atoms with Crippen molar-refractivity contribution in [2.75, 3.05) is 45.1 Å². The fourth-order valence-electron chi connectivity index (χ4n) is 2.02. The number of benzene rings is 1. The molecule has 0 aliphatic carbocycles. The first-order chi connectivity index (χ1) is 9.90. The van der Waals surface area contributed by atoms with Gasteiger partial charge in [-0.15, -0.1) is 0 Å². The predicted molar refractivity (Wildman–Crippen MR) is 86.0 cm³/mol. The fourth-order valence-corrected chi connectivity index (χ4v) is 4.33. The molecular weight excluding hydrogens is 382 g/mol. The molecule has 1 aliphatic heterocycles. The molecule has 0 atom stereocenters. The summed E-state index contributed by atoms with van der Waals surface area (Å²) in [7, 11) is -3.66. The number of morpholine rings is 1. The summed E-state index contributed by atoms with van der Waals surface area (Å²) in [5.74, 6) is 0. The van der Waals surface area contributed by atoms with Crippen LogP contribution in [0.2, 0.25) is 5.02 Å². The third-order valence-corrected chi connectivity index (χ3v) is 6.00. The van der Waals surface area contributed by atoms with Gasteiger partial charge in [0.25, 0.3) is 0 Å².